The van der Waals surface area contributed by atoms with E-state index in [2.05, 4.69) is 10.2 Å². The molecule has 0 aromatic heterocycles. The van der Waals surface area contributed by atoms with Crippen LogP contribution in [0.4, 0.5) is 0 Å². The molecule has 1 aliphatic rings. The van der Waals surface area contributed by atoms with Gasteiger partial charge in [-0.15, -0.1) is 0 Å². The van der Waals surface area contributed by atoms with Crippen LogP contribution in [0.1, 0.15) is 16.8 Å². The Morgan fingerprint density at radius 3 is 2.67 bits per heavy atom. The molecule has 0 bridgehead atoms. The summed E-state index contributed by atoms with van der Waals surface area (Å²) in [7, 11) is 0. The molecule has 0 spiro atoms. The second-order valence-electron chi connectivity index (χ2n) is 4.45. The van der Waals surface area contributed by atoms with Crippen LogP contribution in [0, 0.1) is 0 Å². The van der Waals surface area contributed by atoms with Crippen molar-refractivity contribution >= 4 is 5.97 Å². The molecule has 2 rings (SSSR count). The molecule has 1 N–H and O–H groups in total. The number of piperazine rings is 1. The normalized spacial score (nSPS) is 16.4. The zero-order chi connectivity index (χ0) is 12.6. The van der Waals surface area contributed by atoms with Crippen molar-refractivity contribution in [1.29, 1.82) is 0 Å². The maximum Gasteiger partial charge on any atom is 0.338 e. The maximum atomic E-state index is 11.6. The lowest BCUT2D eigenvalue weighted by Crippen LogP contribution is -2.43. The molecule has 4 nitrogen and oxygen atoms in total. The third-order valence-corrected chi connectivity index (χ3v) is 3.07. The molecule has 1 aromatic carbocycles. The summed E-state index contributed by atoms with van der Waals surface area (Å²) in [6.07, 6.45) is 0.901. The van der Waals surface area contributed by atoms with Crippen molar-refractivity contribution in [1.82, 2.24) is 10.2 Å². The van der Waals surface area contributed by atoms with Gasteiger partial charge in [0.25, 0.3) is 0 Å². The first-order chi connectivity index (χ1) is 8.86. The summed E-state index contributed by atoms with van der Waals surface area (Å²) in [5.41, 5.74) is 0.625. The average molecular weight is 248 g/mol. The number of esters is 1. The highest BCUT2D eigenvalue weighted by molar-refractivity contribution is 5.89. The van der Waals surface area contributed by atoms with E-state index in [4.69, 9.17) is 4.74 Å². The number of hydrogen-bond acceptors (Lipinski definition) is 4. The fourth-order valence-electron chi connectivity index (χ4n) is 2.05. The van der Waals surface area contributed by atoms with Crippen LogP contribution in [-0.2, 0) is 4.74 Å². The van der Waals surface area contributed by atoms with Gasteiger partial charge in [0.05, 0.1) is 12.2 Å². The van der Waals surface area contributed by atoms with E-state index in [0.717, 1.165) is 39.1 Å². The van der Waals surface area contributed by atoms with Crippen molar-refractivity contribution in [2.24, 2.45) is 0 Å². The van der Waals surface area contributed by atoms with Crippen molar-refractivity contribution in [3.63, 3.8) is 0 Å². The first-order valence-electron chi connectivity index (χ1n) is 6.51. The van der Waals surface area contributed by atoms with Gasteiger partial charge in [-0.3, -0.25) is 0 Å². The van der Waals surface area contributed by atoms with Gasteiger partial charge in [0.15, 0.2) is 0 Å². The highest BCUT2D eigenvalue weighted by atomic mass is 16.5. The molecule has 1 aliphatic heterocycles. The lowest BCUT2D eigenvalue weighted by atomic mass is 10.2. The molecular formula is C14H20N2O2. The first kappa shape index (κ1) is 13.1. The Bertz CT molecular complexity index is 361. The molecular weight excluding hydrogens is 228 g/mol. The van der Waals surface area contributed by atoms with Crippen LogP contribution in [-0.4, -0.2) is 50.2 Å². The molecule has 0 aliphatic carbocycles. The monoisotopic (exact) mass is 248 g/mol. The number of benzene rings is 1. The van der Waals surface area contributed by atoms with E-state index in [1.165, 1.54) is 0 Å². The van der Waals surface area contributed by atoms with Crippen molar-refractivity contribution in [3.8, 4) is 0 Å². The first-order valence-corrected chi connectivity index (χ1v) is 6.51. The molecule has 0 atom stereocenters. The number of carbonyl (C=O) groups excluding carboxylic acids is 1. The minimum absolute atomic E-state index is 0.226. The number of carbonyl (C=O) groups is 1. The Balaban J connectivity index is 1.62. The number of ether oxygens (including phenoxy) is 1. The molecule has 98 valence electrons. The van der Waals surface area contributed by atoms with Crippen LogP contribution < -0.4 is 5.32 Å². The summed E-state index contributed by atoms with van der Waals surface area (Å²) in [6.45, 7) is 5.80. The predicted octanol–water partition coefficient (Wildman–Crippen LogP) is 1.14. The third-order valence-electron chi connectivity index (χ3n) is 3.07. The fourth-order valence-corrected chi connectivity index (χ4v) is 2.05. The lowest BCUT2D eigenvalue weighted by molar-refractivity contribution is 0.0486. The average Bonchev–Trinajstić information content (AvgIpc) is 2.45. The third kappa shape index (κ3) is 4.13. The number of nitrogens with zero attached hydrogens (tertiary/aromatic N) is 1. The zero-order valence-corrected chi connectivity index (χ0v) is 10.6. The zero-order valence-electron chi connectivity index (χ0n) is 10.6. The molecule has 1 saturated heterocycles. The molecule has 18 heavy (non-hydrogen) atoms. The Morgan fingerprint density at radius 2 is 1.94 bits per heavy atom. The van der Waals surface area contributed by atoms with Crippen LogP contribution in [0.25, 0.3) is 0 Å². The van der Waals surface area contributed by atoms with Gasteiger partial charge in [-0.2, -0.15) is 0 Å². The summed E-state index contributed by atoms with van der Waals surface area (Å²) >= 11 is 0. The van der Waals surface area contributed by atoms with Gasteiger partial charge in [-0.05, 0) is 18.6 Å². The minimum atomic E-state index is -0.226. The molecule has 0 amide bonds. The molecule has 0 unspecified atom stereocenters. The maximum absolute atomic E-state index is 11.6. The Hall–Kier alpha value is -1.39. The van der Waals surface area contributed by atoms with Crippen LogP contribution in [0.3, 0.4) is 0 Å². The van der Waals surface area contributed by atoms with Crippen LogP contribution in [0.15, 0.2) is 30.3 Å². The van der Waals surface area contributed by atoms with Gasteiger partial charge < -0.3 is 15.0 Å². The standard InChI is InChI=1S/C14H20N2O2/c17-14(13-5-2-1-3-6-13)18-12-4-9-16-10-7-15-8-11-16/h1-3,5-6,15H,4,7-12H2. The Labute approximate surface area is 108 Å². The van der Waals surface area contributed by atoms with Gasteiger partial charge in [-0.25, -0.2) is 4.79 Å². The largest absolute Gasteiger partial charge is 0.462 e. The van der Waals surface area contributed by atoms with E-state index in [-0.39, 0.29) is 5.97 Å². The molecule has 1 aromatic rings. The fraction of sp³-hybridized carbons (Fsp3) is 0.500. The summed E-state index contributed by atoms with van der Waals surface area (Å²) in [6, 6.07) is 9.13. The molecule has 0 radical (unpaired) electrons. The van der Waals surface area contributed by atoms with E-state index < -0.39 is 0 Å². The second kappa shape index (κ2) is 7.13. The number of hydrogen-bond donors (Lipinski definition) is 1. The molecule has 1 fully saturated rings. The number of rotatable bonds is 5. The second-order valence-corrected chi connectivity index (χ2v) is 4.45. The van der Waals surface area contributed by atoms with Crippen LogP contribution in [0.2, 0.25) is 0 Å². The SMILES string of the molecule is O=C(OCCCN1CCNCC1)c1ccccc1. The van der Waals surface area contributed by atoms with Crippen molar-refractivity contribution in [2.75, 3.05) is 39.3 Å². The molecule has 1 heterocycles. The van der Waals surface area contributed by atoms with E-state index in [1.807, 2.05) is 18.2 Å². The van der Waals surface area contributed by atoms with Crippen molar-refractivity contribution < 1.29 is 9.53 Å². The van der Waals surface area contributed by atoms with E-state index >= 15 is 0 Å². The predicted molar refractivity (Wildman–Crippen MR) is 70.7 cm³/mol. The quantitative estimate of drug-likeness (QED) is 0.627. The highest BCUT2D eigenvalue weighted by Gasteiger charge is 2.09. The van der Waals surface area contributed by atoms with Crippen LogP contribution >= 0.6 is 0 Å². The lowest BCUT2D eigenvalue weighted by Gasteiger charge is -2.26. The minimum Gasteiger partial charge on any atom is -0.462 e. The smallest absolute Gasteiger partial charge is 0.338 e. The van der Waals surface area contributed by atoms with Gasteiger partial charge in [0.1, 0.15) is 0 Å². The van der Waals surface area contributed by atoms with E-state index in [0.29, 0.717) is 12.2 Å². The van der Waals surface area contributed by atoms with Crippen molar-refractivity contribution in [2.45, 2.75) is 6.42 Å². The van der Waals surface area contributed by atoms with Gasteiger partial charge >= 0.3 is 5.97 Å². The van der Waals surface area contributed by atoms with E-state index in [9.17, 15) is 4.79 Å². The van der Waals surface area contributed by atoms with Gasteiger partial charge in [0.2, 0.25) is 0 Å². The van der Waals surface area contributed by atoms with Crippen molar-refractivity contribution in [3.05, 3.63) is 35.9 Å². The number of nitrogens with one attached hydrogen (secondary N) is 1. The van der Waals surface area contributed by atoms with Gasteiger partial charge in [0, 0.05) is 32.7 Å². The Morgan fingerprint density at radius 1 is 1.22 bits per heavy atom. The molecule has 4 heteroatoms. The summed E-state index contributed by atoms with van der Waals surface area (Å²) in [4.78, 5) is 14.0. The van der Waals surface area contributed by atoms with Gasteiger partial charge in [-0.1, -0.05) is 18.2 Å². The molecule has 0 saturated carbocycles. The summed E-state index contributed by atoms with van der Waals surface area (Å²) < 4.78 is 5.24. The Kier molecular flexibility index (Phi) is 5.17. The van der Waals surface area contributed by atoms with E-state index in [1.54, 1.807) is 12.1 Å². The summed E-state index contributed by atoms with van der Waals surface area (Å²) in [5, 5.41) is 3.32. The topological polar surface area (TPSA) is 41.6 Å². The van der Waals surface area contributed by atoms with Crippen LogP contribution in [0.5, 0.6) is 0 Å². The summed E-state index contributed by atoms with van der Waals surface area (Å²) in [5.74, 6) is -0.226. The highest BCUT2D eigenvalue weighted by Crippen LogP contribution is 2.02.